The summed E-state index contributed by atoms with van der Waals surface area (Å²) in [5.74, 6) is 0.0782. The van der Waals surface area contributed by atoms with Gasteiger partial charge in [0.1, 0.15) is 0 Å². The minimum Gasteiger partial charge on any atom is -0.339 e. The third-order valence-corrected chi connectivity index (χ3v) is 4.38. The average molecular weight is 326 g/mol. The Morgan fingerprint density at radius 2 is 1.54 bits per heavy atom. The van der Waals surface area contributed by atoms with Crippen LogP contribution in [-0.4, -0.2) is 57.6 Å². The van der Waals surface area contributed by atoms with Gasteiger partial charge in [-0.1, -0.05) is 0 Å². The summed E-state index contributed by atoms with van der Waals surface area (Å²) in [5, 5.41) is 4.45. The van der Waals surface area contributed by atoms with Crippen LogP contribution in [0.5, 0.6) is 0 Å². The number of nitrogens with zero attached hydrogens (tertiary/aromatic N) is 4. The minimum absolute atomic E-state index is 0.0121. The molecule has 0 radical (unpaired) electrons. The van der Waals surface area contributed by atoms with E-state index in [4.69, 9.17) is 0 Å². The summed E-state index contributed by atoms with van der Waals surface area (Å²) in [6, 6.07) is 9.53. The van der Waals surface area contributed by atoms with E-state index in [-0.39, 0.29) is 11.8 Å². The maximum absolute atomic E-state index is 12.6. The number of piperazine rings is 1. The largest absolute Gasteiger partial charge is 0.339 e. The molecule has 1 aromatic carbocycles. The van der Waals surface area contributed by atoms with Crippen molar-refractivity contribution in [3.05, 3.63) is 47.3 Å². The molecule has 1 aliphatic rings. The smallest absolute Gasteiger partial charge is 0.253 e. The van der Waals surface area contributed by atoms with E-state index in [1.807, 2.05) is 48.9 Å². The van der Waals surface area contributed by atoms with Gasteiger partial charge in [0.25, 0.3) is 5.91 Å². The van der Waals surface area contributed by atoms with Gasteiger partial charge in [-0.3, -0.25) is 9.59 Å². The predicted molar refractivity (Wildman–Crippen MR) is 91.2 cm³/mol. The molecule has 3 rings (SSSR count). The average Bonchev–Trinajstić information content (AvgIpc) is 2.93. The van der Waals surface area contributed by atoms with Gasteiger partial charge in [0.15, 0.2) is 0 Å². The first-order valence-corrected chi connectivity index (χ1v) is 8.14. The fraction of sp³-hybridized carbons (Fsp3) is 0.389. The van der Waals surface area contributed by atoms with Crippen molar-refractivity contribution in [1.29, 1.82) is 0 Å². The number of benzene rings is 1. The van der Waals surface area contributed by atoms with E-state index in [1.165, 1.54) is 0 Å². The summed E-state index contributed by atoms with van der Waals surface area (Å²) in [6.07, 6.45) is 0. The molecule has 2 heterocycles. The molecule has 1 fully saturated rings. The highest BCUT2D eigenvalue weighted by Crippen LogP contribution is 2.15. The fourth-order valence-corrected chi connectivity index (χ4v) is 3.04. The zero-order chi connectivity index (χ0) is 17.3. The second kappa shape index (κ2) is 6.47. The Bertz CT molecular complexity index is 756. The number of carbonyl (C=O) groups is 2. The summed E-state index contributed by atoms with van der Waals surface area (Å²) in [6.45, 7) is 7.90. The lowest BCUT2D eigenvalue weighted by Crippen LogP contribution is -2.50. The highest BCUT2D eigenvalue weighted by atomic mass is 16.2. The number of amides is 2. The maximum atomic E-state index is 12.6. The Balaban J connectivity index is 1.71. The molecule has 2 amide bonds. The van der Waals surface area contributed by atoms with E-state index in [2.05, 4.69) is 5.10 Å². The van der Waals surface area contributed by atoms with Crippen LogP contribution in [-0.2, 0) is 4.79 Å². The van der Waals surface area contributed by atoms with Crippen LogP contribution in [0, 0.1) is 13.8 Å². The Kier molecular flexibility index (Phi) is 4.38. The molecule has 0 aliphatic carbocycles. The topological polar surface area (TPSA) is 58.4 Å². The monoisotopic (exact) mass is 326 g/mol. The summed E-state index contributed by atoms with van der Waals surface area (Å²) in [7, 11) is 0. The molecule has 0 unspecified atom stereocenters. The number of hydrogen-bond acceptors (Lipinski definition) is 3. The number of aromatic nitrogens is 2. The van der Waals surface area contributed by atoms with Gasteiger partial charge in [-0.15, -0.1) is 0 Å². The standard InChI is InChI=1S/C18H22N4O2/c1-13-12-14(2)22(19-13)17-6-4-16(5-7-17)18(24)21-10-8-20(9-11-21)15(3)23/h4-7,12H,8-11H2,1-3H3. The molecular formula is C18H22N4O2. The molecule has 0 N–H and O–H groups in total. The molecular weight excluding hydrogens is 304 g/mol. The highest BCUT2D eigenvalue weighted by Gasteiger charge is 2.23. The molecule has 0 bridgehead atoms. The van der Waals surface area contributed by atoms with E-state index >= 15 is 0 Å². The summed E-state index contributed by atoms with van der Waals surface area (Å²) in [5.41, 5.74) is 3.64. The predicted octanol–water partition coefficient (Wildman–Crippen LogP) is 1.79. The highest BCUT2D eigenvalue weighted by molar-refractivity contribution is 5.94. The molecule has 1 aliphatic heterocycles. The normalized spacial score (nSPS) is 14.8. The van der Waals surface area contributed by atoms with Gasteiger partial charge in [0.2, 0.25) is 5.91 Å². The van der Waals surface area contributed by atoms with Crippen LogP contribution in [0.3, 0.4) is 0 Å². The molecule has 1 saturated heterocycles. The number of carbonyl (C=O) groups excluding carboxylic acids is 2. The van der Waals surface area contributed by atoms with Crippen LogP contribution in [0.1, 0.15) is 28.7 Å². The number of rotatable bonds is 2. The van der Waals surface area contributed by atoms with Gasteiger partial charge in [-0.2, -0.15) is 5.10 Å². The molecule has 0 atom stereocenters. The summed E-state index contributed by atoms with van der Waals surface area (Å²) < 4.78 is 1.87. The third kappa shape index (κ3) is 3.18. The van der Waals surface area contributed by atoms with Crippen molar-refractivity contribution in [3.8, 4) is 5.69 Å². The van der Waals surface area contributed by atoms with Crippen molar-refractivity contribution in [2.45, 2.75) is 20.8 Å². The molecule has 126 valence electrons. The molecule has 0 spiro atoms. The van der Waals surface area contributed by atoms with Crippen LogP contribution in [0.15, 0.2) is 30.3 Å². The van der Waals surface area contributed by atoms with E-state index in [0.29, 0.717) is 31.7 Å². The lowest BCUT2D eigenvalue weighted by atomic mass is 10.1. The van der Waals surface area contributed by atoms with Crippen LogP contribution >= 0.6 is 0 Å². The second-order valence-corrected chi connectivity index (χ2v) is 6.18. The second-order valence-electron chi connectivity index (χ2n) is 6.18. The molecule has 24 heavy (non-hydrogen) atoms. The zero-order valence-corrected chi connectivity index (χ0v) is 14.3. The summed E-state index contributed by atoms with van der Waals surface area (Å²) >= 11 is 0. The Labute approximate surface area is 141 Å². The van der Waals surface area contributed by atoms with Crippen molar-refractivity contribution in [2.75, 3.05) is 26.2 Å². The molecule has 6 nitrogen and oxygen atoms in total. The quantitative estimate of drug-likeness (QED) is 0.845. The molecule has 0 saturated carbocycles. The van der Waals surface area contributed by atoms with Crippen LogP contribution < -0.4 is 0 Å². The zero-order valence-electron chi connectivity index (χ0n) is 14.3. The first kappa shape index (κ1) is 16.2. The maximum Gasteiger partial charge on any atom is 0.253 e. The summed E-state index contributed by atoms with van der Waals surface area (Å²) in [4.78, 5) is 27.5. The minimum atomic E-state index is 0.0121. The van der Waals surface area contributed by atoms with Crippen molar-refractivity contribution in [1.82, 2.24) is 19.6 Å². The lowest BCUT2D eigenvalue weighted by Gasteiger charge is -2.34. The first-order chi connectivity index (χ1) is 11.5. The molecule has 2 aromatic rings. The van der Waals surface area contributed by atoms with Gasteiger partial charge in [0, 0.05) is 44.4 Å². The van der Waals surface area contributed by atoms with Crippen molar-refractivity contribution in [3.63, 3.8) is 0 Å². The van der Waals surface area contributed by atoms with E-state index < -0.39 is 0 Å². The Morgan fingerprint density at radius 1 is 0.958 bits per heavy atom. The molecule has 6 heteroatoms. The van der Waals surface area contributed by atoms with E-state index in [0.717, 1.165) is 17.1 Å². The van der Waals surface area contributed by atoms with Crippen LogP contribution in [0.2, 0.25) is 0 Å². The first-order valence-electron chi connectivity index (χ1n) is 8.14. The van der Waals surface area contributed by atoms with Gasteiger partial charge in [-0.05, 0) is 44.2 Å². The third-order valence-electron chi connectivity index (χ3n) is 4.38. The number of aryl methyl sites for hydroxylation is 2. The van der Waals surface area contributed by atoms with Gasteiger partial charge >= 0.3 is 0 Å². The van der Waals surface area contributed by atoms with E-state index in [9.17, 15) is 9.59 Å². The Hall–Kier alpha value is -2.63. The van der Waals surface area contributed by atoms with Gasteiger partial charge in [0.05, 0.1) is 11.4 Å². The fourth-order valence-electron chi connectivity index (χ4n) is 3.04. The van der Waals surface area contributed by atoms with Gasteiger partial charge < -0.3 is 9.80 Å². The molecule has 1 aromatic heterocycles. The lowest BCUT2D eigenvalue weighted by molar-refractivity contribution is -0.130. The van der Waals surface area contributed by atoms with Crippen LogP contribution in [0.4, 0.5) is 0 Å². The van der Waals surface area contributed by atoms with Crippen molar-refractivity contribution < 1.29 is 9.59 Å². The SMILES string of the molecule is CC(=O)N1CCN(C(=O)c2ccc(-n3nc(C)cc3C)cc2)CC1. The Morgan fingerprint density at radius 3 is 2.04 bits per heavy atom. The van der Waals surface area contributed by atoms with E-state index in [1.54, 1.807) is 16.7 Å². The van der Waals surface area contributed by atoms with Crippen LogP contribution in [0.25, 0.3) is 5.69 Å². The van der Waals surface area contributed by atoms with Gasteiger partial charge in [-0.25, -0.2) is 4.68 Å². The van der Waals surface area contributed by atoms with Crippen molar-refractivity contribution >= 4 is 11.8 Å². The number of hydrogen-bond donors (Lipinski definition) is 0. The van der Waals surface area contributed by atoms with Crippen molar-refractivity contribution in [2.24, 2.45) is 0 Å².